The van der Waals surface area contributed by atoms with E-state index in [0.717, 1.165) is 0 Å². The smallest absolute Gasteiger partial charge is 0.257 e. The molecule has 1 aromatic carbocycles. The number of benzene rings is 1. The Morgan fingerprint density at radius 1 is 1.13 bits per heavy atom. The topological polar surface area (TPSA) is 69.3 Å². The summed E-state index contributed by atoms with van der Waals surface area (Å²) in [7, 11) is 4.50. The van der Waals surface area contributed by atoms with Gasteiger partial charge >= 0.3 is 0 Å². The van der Waals surface area contributed by atoms with Gasteiger partial charge in [-0.3, -0.25) is 10.1 Å². The fraction of sp³-hybridized carbons (Fsp3) is 0.467. The molecule has 1 saturated heterocycles. The van der Waals surface area contributed by atoms with Gasteiger partial charge in [0.1, 0.15) is 0 Å². The van der Waals surface area contributed by atoms with Gasteiger partial charge in [-0.05, 0) is 24.4 Å². The Labute approximate surface area is 140 Å². The summed E-state index contributed by atoms with van der Waals surface area (Å²) in [5.74, 6) is 0.923. The molecule has 0 atom stereocenters. The van der Waals surface area contributed by atoms with E-state index in [-0.39, 0.29) is 5.91 Å². The molecule has 1 aliphatic rings. The van der Waals surface area contributed by atoms with Crippen LogP contribution in [0.25, 0.3) is 0 Å². The number of carbonyl (C=O) groups is 1. The van der Waals surface area contributed by atoms with Crippen LogP contribution in [0.2, 0.25) is 0 Å². The lowest BCUT2D eigenvalue weighted by molar-refractivity contribution is 0.0669. The Balaban J connectivity index is 2.16. The molecular weight excluding hydrogens is 320 g/mol. The highest BCUT2D eigenvalue weighted by molar-refractivity contribution is 7.80. The number of hydrogen-bond acceptors (Lipinski definition) is 6. The predicted octanol–water partition coefficient (Wildman–Crippen LogP) is 1.06. The zero-order chi connectivity index (χ0) is 16.8. The van der Waals surface area contributed by atoms with Gasteiger partial charge in [-0.1, -0.05) is 0 Å². The van der Waals surface area contributed by atoms with Crippen LogP contribution in [0.4, 0.5) is 0 Å². The van der Waals surface area contributed by atoms with E-state index >= 15 is 0 Å². The van der Waals surface area contributed by atoms with Crippen LogP contribution in [-0.4, -0.2) is 63.6 Å². The van der Waals surface area contributed by atoms with Crippen molar-refractivity contribution in [3.05, 3.63) is 17.7 Å². The van der Waals surface area contributed by atoms with Crippen LogP contribution < -0.4 is 19.5 Å². The van der Waals surface area contributed by atoms with Gasteiger partial charge in [-0.25, -0.2) is 0 Å². The second kappa shape index (κ2) is 7.98. The first-order valence-electron chi connectivity index (χ1n) is 7.08. The first kappa shape index (κ1) is 17.3. The molecule has 8 heteroatoms. The Morgan fingerprint density at radius 2 is 1.70 bits per heavy atom. The van der Waals surface area contributed by atoms with Gasteiger partial charge in [0.15, 0.2) is 16.6 Å². The SMILES string of the molecule is COc1cc(C(=O)NC(=S)N2CCOCC2)cc(OC)c1OC. The number of hydrogen-bond donors (Lipinski definition) is 1. The second-order valence-electron chi connectivity index (χ2n) is 4.77. The Bertz CT molecular complexity index is 562. The van der Waals surface area contributed by atoms with E-state index in [0.29, 0.717) is 54.2 Å². The molecule has 0 spiro atoms. The van der Waals surface area contributed by atoms with Gasteiger partial charge < -0.3 is 23.8 Å². The molecule has 126 valence electrons. The van der Waals surface area contributed by atoms with Crippen molar-refractivity contribution >= 4 is 23.2 Å². The molecule has 1 heterocycles. The number of ether oxygens (including phenoxy) is 4. The molecule has 0 bridgehead atoms. The first-order chi connectivity index (χ1) is 11.1. The molecule has 1 aromatic rings. The summed E-state index contributed by atoms with van der Waals surface area (Å²) in [6.07, 6.45) is 0. The normalized spacial score (nSPS) is 14.1. The summed E-state index contributed by atoms with van der Waals surface area (Å²) in [6.45, 7) is 2.52. The molecule has 1 N–H and O–H groups in total. The molecule has 0 unspecified atom stereocenters. The fourth-order valence-electron chi connectivity index (χ4n) is 2.23. The van der Waals surface area contributed by atoms with Gasteiger partial charge in [0.25, 0.3) is 5.91 Å². The molecule has 1 aliphatic heterocycles. The summed E-state index contributed by atoms with van der Waals surface area (Å²) in [4.78, 5) is 14.3. The minimum Gasteiger partial charge on any atom is -0.493 e. The standard InChI is InChI=1S/C15H20N2O5S/c1-19-11-8-10(9-12(20-2)13(11)21-3)14(18)16-15(23)17-4-6-22-7-5-17/h8-9H,4-7H2,1-3H3,(H,16,18,23). The zero-order valence-corrected chi connectivity index (χ0v) is 14.2. The average Bonchev–Trinajstić information content (AvgIpc) is 2.60. The number of methoxy groups -OCH3 is 3. The summed E-state index contributed by atoms with van der Waals surface area (Å²) in [6, 6.07) is 3.16. The Morgan fingerprint density at radius 3 is 2.17 bits per heavy atom. The molecular formula is C15H20N2O5S. The van der Waals surface area contributed by atoms with E-state index in [1.165, 1.54) is 21.3 Å². The molecule has 1 amide bonds. The van der Waals surface area contributed by atoms with Gasteiger partial charge in [0.2, 0.25) is 5.75 Å². The lowest BCUT2D eigenvalue weighted by atomic mass is 10.1. The maximum Gasteiger partial charge on any atom is 0.257 e. The number of nitrogens with one attached hydrogen (secondary N) is 1. The average molecular weight is 340 g/mol. The largest absolute Gasteiger partial charge is 0.493 e. The highest BCUT2D eigenvalue weighted by atomic mass is 32.1. The van der Waals surface area contributed by atoms with E-state index < -0.39 is 0 Å². The number of carbonyl (C=O) groups excluding carboxylic acids is 1. The number of amides is 1. The third-order valence-electron chi connectivity index (χ3n) is 3.45. The minimum atomic E-state index is -0.333. The number of nitrogens with zero attached hydrogens (tertiary/aromatic N) is 1. The number of thiocarbonyl (C=S) groups is 1. The Kier molecular flexibility index (Phi) is 6.00. The second-order valence-corrected chi connectivity index (χ2v) is 5.16. The van der Waals surface area contributed by atoms with E-state index in [1.807, 2.05) is 4.90 Å². The highest BCUT2D eigenvalue weighted by Gasteiger charge is 2.20. The quantitative estimate of drug-likeness (QED) is 0.822. The van der Waals surface area contributed by atoms with Crippen LogP contribution in [0.5, 0.6) is 17.2 Å². The van der Waals surface area contributed by atoms with E-state index in [2.05, 4.69) is 5.32 Å². The molecule has 23 heavy (non-hydrogen) atoms. The van der Waals surface area contributed by atoms with E-state index in [4.69, 9.17) is 31.2 Å². The third-order valence-corrected chi connectivity index (χ3v) is 3.81. The summed E-state index contributed by atoms with van der Waals surface area (Å²) in [5.41, 5.74) is 0.370. The minimum absolute atomic E-state index is 0.333. The van der Waals surface area contributed by atoms with E-state index in [9.17, 15) is 4.79 Å². The lowest BCUT2D eigenvalue weighted by Crippen LogP contribution is -2.47. The zero-order valence-electron chi connectivity index (χ0n) is 13.4. The van der Waals surface area contributed by atoms with Crippen molar-refractivity contribution in [3.63, 3.8) is 0 Å². The number of morpholine rings is 1. The molecule has 0 saturated carbocycles. The molecule has 0 aliphatic carbocycles. The van der Waals surface area contributed by atoms with Crippen LogP contribution >= 0.6 is 12.2 Å². The van der Waals surface area contributed by atoms with Gasteiger partial charge in [0.05, 0.1) is 34.5 Å². The van der Waals surface area contributed by atoms with E-state index in [1.54, 1.807) is 12.1 Å². The summed E-state index contributed by atoms with van der Waals surface area (Å²) < 4.78 is 21.0. The maximum absolute atomic E-state index is 12.4. The van der Waals surface area contributed by atoms with Gasteiger partial charge in [0, 0.05) is 18.7 Å². The monoisotopic (exact) mass is 340 g/mol. The first-order valence-corrected chi connectivity index (χ1v) is 7.49. The van der Waals surface area contributed by atoms with Crippen molar-refractivity contribution in [2.75, 3.05) is 47.6 Å². The van der Waals surface area contributed by atoms with Crippen molar-refractivity contribution < 1.29 is 23.7 Å². The summed E-state index contributed by atoms with van der Waals surface area (Å²) >= 11 is 5.27. The predicted molar refractivity (Wildman–Crippen MR) is 88.6 cm³/mol. The van der Waals surface area contributed by atoms with Gasteiger partial charge in [-0.15, -0.1) is 0 Å². The van der Waals surface area contributed by atoms with Crippen molar-refractivity contribution in [3.8, 4) is 17.2 Å². The van der Waals surface area contributed by atoms with Crippen molar-refractivity contribution in [1.29, 1.82) is 0 Å². The number of rotatable bonds is 4. The lowest BCUT2D eigenvalue weighted by Gasteiger charge is -2.29. The van der Waals surface area contributed by atoms with Crippen molar-refractivity contribution in [1.82, 2.24) is 10.2 Å². The molecule has 7 nitrogen and oxygen atoms in total. The highest BCUT2D eigenvalue weighted by Crippen LogP contribution is 2.38. The van der Waals surface area contributed by atoms with Crippen LogP contribution in [0.3, 0.4) is 0 Å². The molecule has 0 aromatic heterocycles. The molecule has 2 rings (SSSR count). The Hall–Kier alpha value is -2.06. The van der Waals surface area contributed by atoms with Crippen molar-refractivity contribution in [2.24, 2.45) is 0 Å². The van der Waals surface area contributed by atoms with Gasteiger partial charge in [-0.2, -0.15) is 0 Å². The van der Waals surface area contributed by atoms with Crippen LogP contribution in [0.1, 0.15) is 10.4 Å². The van der Waals surface area contributed by atoms with Crippen LogP contribution in [-0.2, 0) is 4.74 Å². The van der Waals surface area contributed by atoms with Crippen LogP contribution in [0.15, 0.2) is 12.1 Å². The van der Waals surface area contributed by atoms with Crippen LogP contribution in [0, 0.1) is 0 Å². The maximum atomic E-state index is 12.4. The van der Waals surface area contributed by atoms with Crippen molar-refractivity contribution in [2.45, 2.75) is 0 Å². The third kappa shape index (κ3) is 4.02. The molecule has 1 fully saturated rings. The fourth-order valence-corrected chi connectivity index (χ4v) is 2.50. The molecule has 0 radical (unpaired) electrons. The summed E-state index contributed by atoms with van der Waals surface area (Å²) in [5, 5.41) is 3.10.